The fourth-order valence-electron chi connectivity index (χ4n) is 7.15. The van der Waals surface area contributed by atoms with Gasteiger partial charge in [0.15, 0.2) is 0 Å². The molecule has 0 amide bonds. The van der Waals surface area contributed by atoms with E-state index in [1.54, 1.807) is 0 Å². The molecule has 5 aromatic heterocycles. The molecule has 0 saturated carbocycles. The van der Waals surface area contributed by atoms with Gasteiger partial charge in [-0.3, -0.25) is 14.4 Å². The molecule has 1 aliphatic carbocycles. The molecule has 0 bridgehead atoms. The Labute approximate surface area is 234 Å². The van der Waals surface area contributed by atoms with E-state index in [1.807, 2.05) is 30.7 Å². The summed E-state index contributed by atoms with van der Waals surface area (Å²) in [6.07, 6.45) is 6.53. The van der Waals surface area contributed by atoms with Crippen LogP contribution in [0.5, 0.6) is 0 Å². The Hall–Kier alpha value is -5.55. The van der Waals surface area contributed by atoms with Crippen LogP contribution in [0.25, 0.3) is 77.1 Å². The Balaban J connectivity index is 1.48. The summed E-state index contributed by atoms with van der Waals surface area (Å²) >= 11 is 0. The maximum Gasteiger partial charge on any atom is 0.147 e. The van der Waals surface area contributed by atoms with Gasteiger partial charge in [-0.25, -0.2) is 4.98 Å². The summed E-state index contributed by atoms with van der Waals surface area (Å²) in [4.78, 5) is 14.5. The summed E-state index contributed by atoms with van der Waals surface area (Å²) < 4.78 is 4.67. The van der Waals surface area contributed by atoms with Gasteiger partial charge in [0.1, 0.15) is 11.2 Å². The van der Waals surface area contributed by atoms with Crippen LogP contribution >= 0.6 is 0 Å². The van der Waals surface area contributed by atoms with E-state index in [9.17, 15) is 0 Å². The van der Waals surface area contributed by atoms with Crippen LogP contribution in [-0.2, 0) is 6.42 Å². The van der Waals surface area contributed by atoms with Crippen LogP contribution in [0.4, 0.5) is 0 Å². The monoisotopic (exact) mass is 523 g/mol. The number of imidazole rings is 1. The fraction of sp³-hybridized carbons (Fsp3) is 0.0278. The molecule has 0 fully saturated rings. The molecular weight excluding hydrogens is 502 g/mol. The number of benzene rings is 4. The Bertz CT molecular complexity index is 2550. The molecule has 0 radical (unpaired) electrons. The highest BCUT2D eigenvalue weighted by atomic mass is 15.0. The SMILES string of the molecule is c1ccc(-n2c3cc4c(cc3c3c5c(ccc32)c2ncccc2n2c3ccncc3nc52)Cc2ccccc2-4)cc1. The Morgan fingerprint density at radius 3 is 2.46 bits per heavy atom. The van der Waals surface area contributed by atoms with Crippen LogP contribution in [0.3, 0.4) is 0 Å². The van der Waals surface area contributed by atoms with Crippen LogP contribution in [-0.4, -0.2) is 23.9 Å². The molecule has 0 aliphatic heterocycles. The minimum Gasteiger partial charge on any atom is -0.309 e. The lowest BCUT2D eigenvalue weighted by Crippen LogP contribution is -1.95. The largest absolute Gasteiger partial charge is 0.309 e. The van der Waals surface area contributed by atoms with Gasteiger partial charge >= 0.3 is 0 Å². The first-order valence-electron chi connectivity index (χ1n) is 13.9. The number of hydrogen-bond donors (Lipinski definition) is 0. The zero-order valence-electron chi connectivity index (χ0n) is 21.9. The van der Waals surface area contributed by atoms with Crippen molar-refractivity contribution in [3.63, 3.8) is 0 Å². The number of fused-ring (bicyclic) bond motifs is 15. The van der Waals surface area contributed by atoms with Crippen LogP contribution in [0.15, 0.2) is 116 Å². The second-order valence-electron chi connectivity index (χ2n) is 10.9. The predicted octanol–water partition coefficient (Wildman–Crippen LogP) is 8.25. The van der Waals surface area contributed by atoms with Crippen molar-refractivity contribution in [3.05, 3.63) is 127 Å². The van der Waals surface area contributed by atoms with E-state index >= 15 is 0 Å². The number of rotatable bonds is 1. The summed E-state index contributed by atoms with van der Waals surface area (Å²) in [7, 11) is 0. The second kappa shape index (κ2) is 7.55. The van der Waals surface area contributed by atoms with Gasteiger partial charge in [-0.05, 0) is 83.3 Å². The van der Waals surface area contributed by atoms with Gasteiger partial charge in [0.05, 0.1) is 33.8 Å². The van der Waals surface area contributed by atoms with Crippen molar-refractivity contribution in [1.82, 2.24) is 23.9 Å². The summed E-state index contributed by atoms with van der Waals surface area (Å²) in [5.74, 6) is 0. The van der Waals surface area contributed by atoms with Crippen molar-refractivity contribution in [2.24, 2.45) is 0 Å². The molecule has 0 unspecified atom stereocenters. The van der Waals surface area contributed by atoms with E-state index in [1.165, 1.54) is 38.5 Å². The topological polar surface area (TPSA) is 48.0 Å². The standard InChI is InChI=1S/C36H21N5/c1-2-8-23(9-3-1)40-30-13-12-25-34(33(30)27-18-22-17-21-7-4-5-10-24(21)26(22)19-32(27)40)36-39-28-20-37-16-14-29(28)41(36)31-11-6-15-38-35(25)31/h1-16,18-20H,17H2. The van der Waals surface area contributed by atoms with Crippen LogP contribution in [0.2, 0.25) is 0 Å². The predicted molar refractivity (Wildman–Crippen MR) is 166 cm³/mol. The molecule has 9 aromatic rings. The summed E-state index contributed by atoms with van der Waals surface area (Å²) in [5.41, 5.74) is 13.8. The Kier molecular flexibility index (Phi) is 3.92. The number of para-hydroxylation sites is 1. The number of nitrogens with zero attached hydrogens (tertiary/aromatic N) is 5. The Morgan fingerprint density at radius 1 is 0.610 bits per heavy atom. The van der Waals surface area contributed by atoms with E-state index < -0.39 is 0 Å². The van der Waals surface area contributed by atoms with E-state index in [2.05, 4.69) is 98.9 Å². The molecule has 4 aromatic carbocycles. The van der Waals surface area contributed by atoms with Crippen LogP contribution in [0, 0.1) is 0 Å². The molecule has 41 heavy (non-hydrogen) atoms. The van der Waals surface area contributed by atoms with Gasteiger partial charge in [-0.2, -0.15) is 0 Å². The number of hydrogen-bond acceptors (Lipinski definition) is 3. The molecule has 1 aliphatic rings. The van der Waals surface area contributed by atoms with E-state index in [4.69, 9.17) is 9.97 Å². The normalized spacial score (nSPS) is 12.8. The number of aromatic nitrogens is 5. The second-order valence-corrected chi connectivity index (χ2v) is 10.9. The molecule has 5 heteroatoms. The van der Waals surface area contributed by atoms with E-state index in [0.717, 1.165) is 56.1 Å². The van der Waals surface area contributed by atoms with Gasteiger partial charge in [0, 0.05) is 39.6 Å². The summed E-state index contributed by atoms with van der Waals surface area (Å²) in [5, 5.41) is 4.68. The van der Waals surface area contributed by atoms with Gasteiger partial charge in [0.25, 0.3) is 0 Å². The first-order valence-corrected chi connectivity index (χ1v) is 13.9. The van der Waals surface area contributed by atoms with Gasteiger partial charge in [0.2, 0.25) is 0 Å². The molecule has 5 heterocycles. The van der Waals surface area contributed by atoms with Crippen molar-refractivity contribution >= 4 is 60.3 Å². The lowest BCUT2D eigenvalue weighted by Gasteiger charge is -2.11. The van der Waals surface area contributed by atoms with Crippen molar-refractivity contribution in [2.75, 3.05) is 0 Å². The molecule has 5 nitrogen and oxygen atoms in total. The van der Waals surface area contributed by atoms with Crippen molar-refractivity contribution in [2.45, 2.75) is 6.42 Å². The van der Waals surface area contributed by atoms with Crippen molar-refractivity contribution in [3.8, 4) is 16.8 Å². The molecule has 0 spiro atoms. The molecular formula is C36H21N5. The maximum atomic E-state index is 5.20. The van der Waals surface area contributed by atoms with Crippen LogP contribution in [0.1, 0.15) is 11.1 Å². The minimum atomic E-state index is 0.880. The molecule has 190 valence electrons. The first-order chi connectivity index (χ1) is 20.3. The first kappa shape index (κ1) is 21.3. The fourth-order valence-corrected chi connectivity index (χ4v) is 7.15. The molecule has 0 atom stereocenters. The van der Waals surface area contributed by atoms with Gasteiger partial charge < -0.3 is 4.57 Å². The average molecular weight is 524 g/mol. The lowest BCUT2D eigenvalue weighted by atomic mass is 10.00. The quantitative estimate of drug-likeness (QED) is 0.204. The minimum absolute atomic E-state index is 0.880. The summed E-state index contributed by atoms with van der Waals surface area (Å²) in [6, 6.07) is 35.0. The van der Waals surface area contributed by atoms with Crippen molar-refractivity contribution < 1.29 is 0 Å². The maximum absolute atomic E-state index is 5.20. The summed E-state index contributed by atoms with van der Waals surface area (Å²) in [6.45, 7) is 0. The van der Waals surface area contributed by atoms with Gasteiger partial charge in [-0.15, -0.1) is 0 Å². The van der Waals surface area contributed by atoms with Gasteiger partial charge in [-0.1, -0.05) is 42.5 Å². The zero-order chi connectivity index (χ0) is 26.7. The molecule has 0 N–H and O–H groups in total. The van der Waals surface area contributed by atoms with E-state index in [-0.39, 0.29) is 0 Å². The Morgan fingerprint density at radius 2 is 1.51 bits per heavy atom. The third-order valence-corrected chi connectivity index (χ3v) is 8.82. The van der Waals surface area contributed by atoms with Crippen LogP contribution < -0.4 is 0 Å². The highest BCUT2D eigenvalue weighted by molar-refractivity contribution is 6.29. The zero-order valence-corrected chi connectivity index (χ0v) is 21.9. The highest BCUT2D eigenvalue weighted by Crippen LogP contribution is 2.45. The smallest absolute Gasteiger partial charge is 0.147 e. The third-order valence-electron chi connectivity index (χ3n) is 8.82. The lowest BCUT2D eigenvalue weighted by molar-refractivity contribution is 1.18. The highest BCUT2D eigenvalue weighted by Gasteiger charge is 2.25. The van der Waals surface area contributed by atoms with E-state index in [0.29, 0.717) is 0 Å². The number of pyridine rings is 3. The molecule has 10 rings (SSSR count). The molecule has 0 saturated heterocycles. The average Bonchev–Trinajstić information content (AvgIpc) is 3.69. The third kappa shape index (κ3) is 2.68. The van der Waals surface area contributed by atoms with Crippen molar-refractivity contribution in [1.29, 1.82) is 0 Å².